The van der Waals surface area contributed by atoms with Crippen molar-refractivity contribution < 1.29 is 8.83 Å². The summed E-state index contributed by atoms with van der Waals surface area (Å²) in [5.41, 5.74) is 13.1. The maximum atomic E-state index is 6.98. The fraction of sp³-hybridized carbons (Fsp3) is 0. The molecule has 3 aromatic heterocycles. The van der Waals surface area contributed by atoms with Gasteiger partial charge in [0.2, 0.25) is 0 Å². The average Bonchev–Trinajstić information content (AvgIpc) is 3.99. The summed E-state index contributed by atoms with van der Waals surface area (Å²) in [6.07, 6.45) is 0. The lowest BCUT2D eigenvalue weighted by Gasteiger charge is -2.30. The second-order valence-corrected chi connectivity index (χ2v) is 15.8. The van der Waals surface area contributed by atoms with Crippen LogP contribution in [0.1, 0.15) is 0 Å². The first-order valence-electron chi connectivity index (χ1n) is 19.6. The molecule has 272 valence electrons. The lowest BCUT2D eigenvalue weighted by Crippen LogP contribution is -2.12. The predicted octanol–water partition coefficient (Wildman–Crippen LogP) is 16.3. The Labute approximate surface area is 338 Å². The number of furan rings is 2. The van der Waals surface area contributed by atoms with E-state index in [1.165, 1.54) is 20.2 Å². The van der Waals surface area contributed by atoms with Gasteiger partial charge in [0.05, 0.1) is 22.1 Å². The number of hydrogen-bond acceptors (Lipinski definition) is 4. The van der Waals surface area contributed by atoms with Crippen molar-refractivity contribution >= 4 is 92.4 Å². The van der Waals surface area contributed by atoms with Gasteiger partial charge in [-0.15, -0.1) is 11.3 Å². The molecule has 0 aliphatic heterocycles. The zero-order valence-corrected chi connectivity index (χ0v) is 32.0. The van der Waals surface area contributed by atoms with Crippen molar-refractivity contribution in [2.45, 2.75) is 0 Å². The van der Waals surface area contributed by atoms with Gasteiger partial charge in [-0.25, -0.2) is 0 Å². The zero-order valence-electron chi connectivity index (χ0n) is 31.2. The van der Waals surface area contributed by atoms with E-state index >= 15 is 0 Å². The number of benzene rings is 9. The highest BCUT2D eigenvalue weighted by Crippen LogP contribution is 2.53. The molecule has 0 unspecified atom stereocenters. The molecule has 9 aromatic carbocycles. The Bertz CT molecular complexity index is 3510. The topological polar surface area (TPSA) is 29.5 Å². The molecule has 3 nitrogen and oxygen atoms in total. The Morgan fingerprint density at radius 2 is 0.948 bits per heavy atom. The maximum absolute atomic E-state index is 6.98. The number of para-hydroxylation sites is 2. The van der Waals surface area contributed by atoms with E-state index in [-0.39, 0.29) is 0 Å². The van der Waals surface area contributed by atoms with Crippen LogP contribution in [0.5, 0.6) is 0 Å². The monoisotopic (exact) mass is 759 g/mol. The standard InChI is InChI=1S/C54H33NO2S/c1-4-15-34(16-5-1)38-29-31-47-51(43-24-14-23-39(53(43)57-47)35-17-6-2-7-18-35)52(38)55(37-27-32-49-44(33-37)41-21-11-13-26-48(41)58-49)45-30-28-40(36-19-8-3-9-20-36)54-50(45)42-22-10-12-25-46(42)56-54/h1-33H. The van der Waals surface area contributed by atoms with E-state index in [0.717, 1.165) is 94.3 Å². The van der Waals surface area contributed by atoms with Gasteiger partial charge in [-0.3, -0.25) is 0 Å². The average molecular weight is 760 g/mol. The van der Waals surface area contributed by atoms with Crippen molar-refractivity contribution in [2.75, 3.05) is 4.90 Å². The van der Waals surface area contributed by atoms with E-state index in [0.29, 0.717) is 0 Å². The zero-order chi connectivity index (χ0) is 38.2. The summed E-state index contributed by atoms with van der Waals surface area (Å²) in [6.45, 7) is 0. The number of anilines is 3. The van der Waals surface area contributed by atoms with Crippen LogP contribution in [-0.4, -0.2) is 0 Å². The number of nitrogens with zero attached hydrogens (tertiary/aromatic N) is 1. The molecular formula is C54H33NO2S. The smallest absolute Gasteiger partial charge is 0.145 e. The van der Waals surface area contributed by atoms with E-state index in [9.17, 15) is 0 Å². The van der Waals surface area contributed by atoms with E-state index in [1.807, 2.05) is 11.3 Å². The summed E-state index contributed by atoms with van der Waals surface area (Å²) in [5.74, 6) is 0. The minimum atomic E-state index is 0.828. The summed E-state index contributed by atoms with van der Waals surface area (Å²) in [7, 11) is 0. The van der Waals surface area contributed by atoms with Gasteiger partial charge in [-0.05, 0) is 71.3 Å². The molecular weight excluding hydrogens is 727 g/mol. The third-order valence-corrected chi connectivity index (χ3v) is 12.6. The summed E-state index contributed by atoms with van der Waals surface area (Å²) in [6, 6.07) is 71.3. The summed E-state index contributed by atoms with van der Waals surface area (Å²) >= 11 is 1.84. The molecule has 0 spiro atoms. The fourth-order valence-corrected chi connectivity index (χ4v) is 9.97. The first-order valence-corrected chi connectivity index (χ1v) is 20.4. The van der Waals surface area contributed by atoms with Crippen LogP contribution in [0.3, 0.4) is 0 Å². The van der Waals surface area contributed by atoms with Crippen LogP contribution in [0.15, 0.2) is 209 Å². The van der Waals surface area contributed by atoms with Gasteiger partial charge >= 0.3 is 0 Å². The molecule has 0 bridgehead atoms. The van der Waals surface area contributed by atoms with Crippen molar-refractivity contribution in [2.24, 2.45) is 0 Å². The van der Waals surface area contributed by atoms with Crippen LogP contribution >= 0.6 is 11.3 Å². The van der Waals surface area contributed by atoms with Crippen molar-refractivity contribution in [3.63, 3.8) is 0 Å². The summed E-state index contributed by atoms with van der Waals surface area (Å²) < 4.78 is 16.4. The van der Waals surface area contributed by atoms with Gasteiger partial charge in [-0.1, -0.05) is 146 Å². The largest absolute Gasteiger partial charge is 0.455 e. The van der Waals surface area contributed by atoms with Crippen LogP contribution in [0.25, 0.3) is 97.4 Å². The van der Waals surface area contributed by atoms with Gasteiger partial charge in [0, 0.05) is 53.3 Å². The fourth-order valence-electron chi connectivity index (χ4n) is 8.88. The number of rotatable bonds is 6. The van der Waals surface area contributed by atoms with Gasteiger partial charge < -0.3 is 13.7 Å². The molecule has 12 aromatic rings. The molecule has 0 aliphatic carbocycles. The second-order valence-electron chi connectivity index (χ2n) is 14.8. The number of hydrogen-bond donors (Lipinski definition) is 0. The normalized spacial score (nSPS) is 11.8. The highest BCUT2D eigenvalue weighted by molar-refractivity contribution is 7.25. The Balaban J connectivity index is 1.26. The Kier molecular flexibility index (Phi) is 7.40. The van der Waals surface area contributed by atoms with Crippen LogP contribution in [0, 0.1) is 0 Å². The minimum Gasteiger partial charge on any atom is -0.455 e. The molecule has 3 heterocycles. The SMILES string of the molecule is c1ccc(-c2ccc3oc4c(-c5ccccc5)cccc4c3c2N(c2ccc3sc4ccccc4c3c2)c2ccc(-c3ccccc3)c3oc4ccccc4c23)cc1. The van der Waals surface area contributed by atoms with Crippen LogP contribution < -0.4 is 4.90 Å². The molecule has 0 N–H and O–H groups in total. The predicted molar refractivity (Wildman–Crippen MR) is 245 cm³/mol. The van der Waals surface area contributed by atoms with Crippen molar-refractivity contribution in [3.05, 3.63) is 200 Å². The molecule has 0 radical (unpaired) electrons. The van der Waals surface area contributed by atoms with Crippen molar-refractivity contribution in [1.29, 1.82) is 0 Å². The van der Waals surface area contributed by atoms with Crippen molar-refractivity contribution in [1.82, 2.24) is 0 Å². The van der Waals surface area contributed by atoms with Crippen LogP contribution in [-0.2, 0) is 0 Å². The Hall–Kier alpha value is -7.40. The quantitative estimate of drug-likeness (QED) is 0.169. The maximum Gasteiger partial charge on any atom is 0.145 e. The van der Waals surface area contributed by atoms with E-state index in [2.05, 4.69) is 205 Å². The Morgan fingerprint density at radius 1 is 0.362 bits per heavy atom. The summed E-state index contributed by atoms with van der Waals surface area (Å²) in [5, 5.41) is 6.72. The molecule has 0 fully saturated rings. The molecule has 12 rings (SSSR count). The lowest BCUT2D eigenvalue weighted by atomic mass is 9.95. The third kappa shape index (κ3) is 5.05. The molecule has 58 heavy (non-hydrogen) atoms. The van der Waals surface area contributed by atoms with Gasteiger partial charge in [0.15, 0.2) is 0 Å². The minimum absolute atomic E-state index is 0.828. The molecule has 0 amide bonds. The highest BCUT2D eigenvalue weighted by Gasteiger charge is 2.28. The highest BCUT2D eigenvalue weighted by atomic mass is 32.1. The van der Waals surface area contributed by atoms with Crippen LogP contribution in [0.2, 0.25) is 0 Å². The van der Waals surface area contributed by atoms with Gasteiger partial charge in [-0.2, -0.15) is 0 Å². The van der Waals surface area contributed by atoms with Gasteiger partial charge in [0.1, 0.15) is 22.3 Å². The van der Waals surface area contributed by atoms with E-state index in [1.54, 1.807) is 0 Å². The lowest BCUT2D eigenvalue weighted by molar-refractivity contribution is 0.670. The Morgan fingerprint density at radius 3 is 1.71 bits per heavy atom. The van der Waals surface area contributed by atoms with Gasteiger partial charge in [0.25, 0.3) is 0 Å². The number of fused-ring (bicyclic) bond motifs is 9. The molecule has 0 atom stereocenters. The summed E-state index contributed by atoms with van der Waals surface area (Å²) in [4.78, 5) is 2.47. The first kappa shape index (κ1) is 32.8. The molecule has 4 heteroatoms. The van der Waals surface area contributed by atoms with Crippen LogP contribution in [0.4, 0.5) is 17.1 Å². The first-order chi connectivity index (χ1) is 28.8. The molecule has 0 aliphatic rings. The number of thiophene rings is 1. The van der Waals surface area contributed by atoms with Crippen molar-refractivity contribution in [3.8, 4) is 33.4 Å². The third-order valence-electron chi connectivity index (χ3n) is 11.5. The second kappa shape index (κ2) is 13.1. The molecule has 0 saturated carbocycles. The molecule has 0 saturated heterocycles. The van der Waals surface area contributed by atoms with E-state index < -0.39 is 0 Å². The van der Waals surface area contributed by atoms with E-state index in [4.69, 9.17) is 8.83 Å².